The fourth-order valence-corrected chi connectivity index (χ4v) is 4.01. The fourth-order valence-electron chi connectivity index (χ4n) is 4.01. The van der Waals surface area contributed by atoms with Gasteiger partial charge in [0.25, 0.3) is 5.91 Å². The van der Waals surface area contributed by atoms with E-state index in [1.54, 1.807) is 18.2 Å². The maximum absolute atomic E-state index is 12.3. The highest BCUT2D eigenvalue weighted by atomic mass is 16.5. The third kappa shape index (κ3) is 5.60. The highest BCUT2D eigenvalue weighted by molar-refractivity contribution is 6.04. The number of amides is 1. The molecule has 178 valence electrons. The maximum Gasteiger partial charge on any atom is 0.357 e. The monoisotopic (exact) mass is 463 g/mol. The van der Waals surface area contributed by atoms with Crippen molar-refractivity contribution in [2.24, 2.45) is 0 Å². The van der Waals surface area contributed by atoms with Crippen LogP contribution in [0.5, 0.6) is 0 Å². The Balaban J connectivity index is 0.000000139. The first kappa shape index (κ1) is 23.4. The molecule has 2 saturated heterocycles. The summed E-state index contributed by atoms with van der Waals surface area (Å²) in [7, 11) is 0. The number of benzene rings is 2. The minimum absolute atomic E-state index is 0.0575. The fraction of sp³-hybridized carbons (Fsp3) is 0.360. The van der Waals surface area contributed by atoms with Crippen LogP contribution in [0, 0.1) is 0 Å². The van der Waals surface area contributed by atoms with E-state index in [2.05, 4.69) is 20.4 Å². The summed E-state index contributed by atoms with van der Waals surface area (Å²) in [4.78, 5) is 24.8. The van der Waals surface area contributed by atoms with Crippen LogP contribution in [0.25, 0.3) is 21.8 Å². The number of hydrogen-bond donors (Lipinski definition) is 3. The molecule has 6 rings (SSSR count). The van der Waals surface area contributed by atoms with Crippen molar-refractivity contribution >= 4 is 33.7 Å². The second-order valence-corrected chi connectivity index (χ2v) is 8.21. The Hall–Kier alpha value is -3.72. The predicted octanol–water partition coefficient (Wildman–Crippen LogP) is 4.25. The Morgan fingerprint density at radius 2 is 1.29 bits per heavy atom. The highest BCUT2D eigenvalue weighted by Gasteiger charge is 2.22. The van der Waals surface area contributed by atoms with Crippen LogP contribution >= 0.6 is 0 Å². The minimum atomic E-state index is -1.01. The molecule has 9 heteroatoms. The van der Waals surface area contributed by atoms with Crippen molar-refractivity contribution in [2.75, 3.05) is 26.3 Å². The summed E-state index contributed by atoms with van der Waals surface area (Å²) in [5, 5.41) is 23.6. The summed E-state index contributed by atoms with van der Waals surface area (Å²) in [6.07, 6.45) is 5.99. The average molecular weight is 464 g/mol. The number of carboxylic acid groups (broad SMARTS) is 1. The van der Waals surface area contributed by atoms with Crippen LogP contribution in [0.3, 0.4) is 0 Å². The highest BCUT2D eigenvalue weighted by Crippen LogP contribution is 2.19. The first-order chi connectivity index (χ1) is 16.6. The lowest BCUT2D eigenvalue weighted by Gasteiger charge is -2.25. The van der Waals surface area contributed by atoms with Crippen molar-refractivity contribution in [3.8, 4) is 0 Å². The van der Waals surface area contributed by atoms with E-state index in [-0.39, 0.29) is 11.6 Å². The van der Waals surface area contributed by atoms with E-state index in [0.29, 0.717) is 11.1 Å². The van der Waals surface area contributed by atoms with Gasteiger partial charge in [-0.05, 0) is 44.2 Å². The smallest absolute Gasteiger partial charge is 0.357 e. The number of carbonyl (C=O) groups is 2. The lowest BCUT2D eigenvalue weighted by molar-refractivity contribution is 0.0690. The van der Waals surface area contributed by atoms with E-state index < -0.39 is 5.97 Å². The first-order valence-corrected chi connectivity index (χ1v) is 11.6. The van der Waals surface area contributed by atoms with Crippen molar-refractivity contribution in [1.82, 2.24) is 25.3 Å². The number of piperidine rings is 1. The molecule has 2 aliphatic rings. The number of nitrogens with one attached hydrogen (secondary N) is 2. The van der Waals surface area contributed by atoms with E-state index >= 15 is 0 Å². The quantitative estimate of drug-likeness (QED) is 0.408. The Labute approximate surface area is 197 Å². The van der Waals surface area contributed by atoms with Crippen molar-refractivity contribution in [3.05, 3.63) is 59.9 Å². The number of carboxylic acids is 1. The Morgan fingerprint density at radius 3 is 1.82 bits per heavy atom. The van der Waals surface area contributed by atoms with E-state index in [1.165, 1.54) is 19.3 Å². The largest absolute Gasteiger partial charge is 0.476 e. The average Bonchev–Trinajstić information content (AvgIpc) is 3.66. The zero-order chi connectivity index (χ0) is 23.8. The number of fused-ring (bicyclic) bond motifs is 2. The number of para-hydroxylation sites is 2. The van der Waals surface area contributed by atoms with Gasteiger partial charge in [0.15, 0.2) is 11.4 Å². The van der Waals surface area contributed by atoms with Crippen LogP contribution in [0.2, 0.25) is 0 Å². The second kappa shape index (κ2) is 11.4. The van der Waals surface area contributed by atoms with Crippen LogP contribution in [0.1, 0.15) is 53.1 Å². The molecule has 2 aromatic heterocycles. The molecule has 0 unspecified atom stereocenters. The number of ether oxygens (including phenoxy) is 1. The molecular weight excluding hydrogens is 434 g/mol. The minimum Gasteiger partial charge on any atom is -0.476 e. The molecule has 2 aromatic carbocycles. The number of nitrogens with zero attached hydrogens (tertiary/aromatic N) is 3. The Kier molecular flexibility index (Phi) is 7.87. The van der Waals surface area contributed by atoms with Crippen molar-refractivity contribution in [3.63, 3.8) is 0 Å². The SMILES string of the molecule is C1CCOC1.O=C(O)c1n[nH]c2ccccc12.O=C(c1n[nH]c2ccccc12)N1CCCCC1. The summed E-state index contributed by atoms with van der Waals surface area (Å²) in [5.74, 6) is -0.949. The van der Waals surface area contributed by atoms with Gasteiger partial charge >= 0.3 is 5.97 Å². The molecule has 4 aromatic rings. The van der Waals surface area contributed by atoms with Gasteiger partial charge in [-0.2, -0.15) is 10.2 Å². The lowest BCUT2D eigenvalue weighted by atomic mass is 10.1. The normalized spacial score (nSPS) is 15.4. The number of aromatic nitrogens is 4. The molecule has 9 nitrogen and oxygen atoms in total. The van der Waals surface area contributed by atoms with Gasteiger partial charge in [-0.25, -0.2) is 4.79 Å². The third-order valence-electron chi connectivity index (χ3n) is 5.82. The summed E-state index contributed by atoms with van der Waals surface area (Å²) in [6.45, 7) is 3.72. The number of likely N-dealkylation sites (tertiary alicyclic amines) is 1. The number of rotatable bonds is 2. The zero-order valence-corrected chi connectivity index (χ0v) is 19.0. The molecule has 0 saturated carbocycles. The van der Waals surface area contributed by atoms with Gasteiger partial charge < -0.3 is 14.7 Å². The molecule has 0 atom stereocenters. The van der Waals surface area contributed by atoms with Gasteiger partial charge in [0.1, 0.15) is 0 Å². The van der Waals surface area contributed by atoms with Gasteiger partial charge in [-0.3, -0.25) is 15.0 Å². The van der Waals surface area contributed by atoms with Crippen molar-refractivity contribution in [1.29, 1.82) is 0 Å². The first-order valence-electron chi connectivity index (χ1n) is 11.6. The molecule has 0 spiro atoms. The standard InChI is InChI=1S/C13H15N3O.C8H6N2O2.C4H8O/c17-13(16-8-4-1-5-9-16)12-10-6-2-3-7-11(10)14-15-12;11-8(12)7-5-3-1-2-4-6(5)9-10-7;1-2-4-5-3-1/h2-3,6-7H,1,4-5,8-9H2,(H,14,15);1-4H,(H,9,10)(H,11,12);1-4H2. The zero-order valence-electron chi connectivity index (χ0n) is 19.0. The Morgan fingerprint density at radius 1 is 0.765 bits per heavy atom. The van der Waals surface area contributed by atoms with E-state index in [4.69, 9.17) is 9.84 Å². The molecule has 34 heavy (non-hydrogen) atoms. The van der Waals surface area contributed by atoms with E-state index in [0.717, 1.165) is 55.6 Å². The lowest BCUT2D eigenvalue weighted by Crippen LogP contribution is -2.35. The molecule has 2 fully saturated rings. The predicted molar refractivity (Wildman–Crippen MR) is 129 cm³/mol. The van der Waals surface area contributed by atoms with Crippen LogP contribution in [-0.4, -0.2) is 68.6 Å². The molecule has 3 N–H and O–H groups in total. The number of aromatic amines is 2. The van der Waals surface area contributed by atoms with Crippen LogP contribution < -0.4 is 0 Å². The Bertz CT molecular complexity index is 1230. The van der Waals surface area contributed by atoms with Crippen LogP contribution in [-0.2, 0) is 4.74 Å². The number of aromatic carboxylic acids is 1. The summed E-state index contributed by atoms with van der Waals surface area (Å²) >= 11 is 0. The van der Waals surface area contributed by atoms with Crippen LogP contribution in [0.15, 0.2) is 48.5 Å². The molecule has 0 bridgehead atoms. The molecule has 1 amide bonds. The molecule has 0 aliphatic carbocycles. The van der Waals surface area contributed by atoms with Crippen LogP contribution in [0.4, 0.5) is 0 Å². The van der Waals surface area contributed by atoms with E-state index in [1.807, 2.05) is 35.2 Å². The second-order valence-electron chi connectivity index (χ2n) is 8.21. The summed E-state index contributed by atoms with van der Waals surface area (Å²) in [5.41, 5.74) is 2.30. The van der Waals surface area contributed by atoms with Gasteiger partial charge in [0.05, 0.1) is 11.0 Å². The number of hydrogen-bond acceptors (Lipinski definition) is 5. The van der Waals surface area contributed by atoms with Crippen molar-refractivity contribution < 1.29 is 19.4 Å². The molecule has 4 heterocycles. The van der Waals surface area contributed by atoms with E-state index in [9.17, 15) is 9.59 Å². The number of H-pyrrole nitrogens is 2. The third-order valence-corrected chi connectivity index (χ3v) is 5.82. The summed E-state index contributed by atoms with van der Waals surface area (Å²) < 4.78 is 4.94. The number of carbonyl (C=O) groups excluding carboxylic acids is 1. The molecule has 0 radical (unpaired) electrons. The topological polar surface area (TPSA) is 124 Å². The van der Waals surface area contributed by atoms with Gasteiger partial charge in [-0.1, -0.05) is 36.4 Å². The molecular formula is C25H29N5O4. The van der Waals surface area contributed by atoms with Crippen molar-refractivity contribution in [2.45, 2.75) is 32.1 Å². The summed E-state index contributed by atoms with van der Waals surface area (Å²) in [6, 6.07) is 14.9. The molecule has 2 aliphatic heterocycles. The maximum atomic E-state index is 12.3. The van der Waals surface area contributed by atoms with Gasteiger partial charge in [0.2, 0.25) is 0 Å². The van der Waals surface area contributed by atoms with Gasteiger partial charge in [0, 0.05) is 37.1 Å². The van der Waals surface area contributed by atoms with Gasteiger partial charge in [-0.15, -0.1) is 0 Å².